The molecule has 0 spiro atoms. The number of nitrogens with one attached hydrogen (secondary N) is 1. The Hall–Kier alpha value is -0.910. The molecule has 0 fully saturated rings. The lowest BCUT2D eigenvalue weighted by Crippen LogP contribution is -2.16. The number of ether oxygens (including phenoxy) is 1. The van der Waals surface area contributed by atoms with E-state index in [1.165, 1.54) is 0 Å². The maximum Gasteiger partial charge on any atom is 0.389 e. The minimum absolute atomic E-state index is 0.0202. The van der Waals surface area contributed by atoms with Gasteiger partial charge in [-0.05, 0) is 47.8 Å². The number of alkyl halides is 3. The Morgan fingerprint density at radius 2 is 2.05 bits per heavy atom. The van der Waals surface area contributed by atoms with Gasteiger partial charge in [0.05, 0.1) is 11.6 Å². The lowest BCUT2D eigenvalue weighted by molar-refractivity contribution is -0.135. The second-order valence-electron chi connectivity index (χ2n) is 4.40. The van der Waals surface area contributed by atoms with E-state index in [0.29, 0.717) is 12.2 Å². The molecule has 1 aromatic carbocycles. The summed E-state index contributed by atoms with van der Waals surface area (Å²) in [6.45, 7) is 1.87. The largest absolute Gasteiger partial charge is 0.495 e. The van der Waals surface area contributed by atoms with E-state index in [1.807, 2.05) is 25.1 Å². The van der Waals surface area contributed by atoms with E-state index in [4.69, 9.17) is 4.74 Å². The molecule has 1 rings (SSSR count). The van der Waals surface area contributed by atoms with E-state index in [2.05, 4.69) is 21.2 Å². The number of hydrogen-bond acceptors (Lipinski definition) is 2. The molecule has 2 nitrogen and oxygen atoms in total. The van der Waals surface area contributed by atoms with Crippen LogP contribution in [0, 0.1) is 0 Å². The van der Waals surface area contributed by atoms with Gasteiger partial charge in [-0.25, -0.2) is 0 Å². The smallest absolute Gasteiger partial charge is 0.389 e. The van der Waals surface area contributed by atoms with Crippen LogP contribution in [-0.4, -0.2) is 19.3 Å². The van der Waals surface area contributed by atoms with Crippen LogP contribution in [0.25, 0.3) is 0 Å². The molecule has 0 saturated carbocycles. The van der Waals surface area contributed by atoms with Gasteiger partial charge in [-0.2, -0.15) is 13.2 Å². The lowest BCUT2D eigenvalue weighted by Gasteiger charge is -2.16. The highest BCUT2D eigenvalue weighted by atomic mass is 79.9. The molecule has 1 aromatic rings. The summed E-state index contributed by atoms with van der Waals surface area (Å²) in [4.78, 5) is 0. The molecule has 0 bridgehead atoms. The molecule has 1 N–H and O–H groups in total. The van der Waals surface area contributed by atoms with Crippen LogP contribution in [0.15, 0.2) is 22.7 Å². The third-order valence-electron chi connectivity index (χ3n) is 2.66. The average Bonchev–Trinajstić information content (AvgIpc) is 2.30. The van der Waals surface area contributed by atoms with Crippen molar-refractivity contribution in [1.29, 1.82) is 0 Å². The van der Waals surface area contributed by atoms with Crippen LogP contribution in [0.3, 0.4) is 0 Å². The van der Waals surface area contributed by atoms with Gasteiger partial charge >= 0.3 is 6.18 Å². The SMILES string of the molecule is COc1cc(NC(C)CCCC(F)(F)F)ccc1Br. The minimum Gasteiger partial charge on any atom is -0.495 e. The summed E-state index contributed by atoms with van der Waals surface area (Å²) >= 11 is 3.34. The summed E-state index contributed by atoms with van der Waals surface area (Å²) in [7, 11) is 1.57. The number of halogens is 4. The highest BCUT2D eigenvalue weighted by molar-refractivity contribution is 9.10. The fourth-order valence-corrected chi connectivity index (χ4v) is 2.12. The summed E-state index contributed by atoms with van der Waals surface area (Å²) in [6.07, 6.45) is -4.20. The summed E-state index contributed by atoms with van der Waals surface area (Å²) in [5.74, 6) is 0.687. The molecule has 6 heteroatoms. The van der Waals surface area contributed by atoms with Crippen molar-refractivity contribution in [3.8, 4) is 5.75 Å². The van der Waals surface area contributed by atoms with Crippen LogP contribution in [0.4, 0.5) is 18.9 Å². The van der Waals surface area contributed by atoms with E-state index in [1.54, 1.807) is 7.11 Å². The molecule has 0 aliphatic carbocycles. The topological polar surface area (TPSA) is 21.3 Å². The van der Waals surface area contributed by atoms with Crippen LogP contribution in [0.2, 0.25) is 0 Å². The van der Waals surface area contributed by atoms with Gasteiger partial charge in [-0.15, -0.1) is 0 Å². The van der Waals surface area contributed by atoms with Crippen LogP contribution in [0.5, 0.6) is 5.75 Å². The highest BCUT2D eigenvalue weighted by Crippen LogP contribution is 2.28. The molecule has 0 aromatic heterocycles. The fraction of sp³-hybridized carbons (Fsp3) is 0.538. The molecule has 0 amide bonds. The van der Waals surface area contributed by atoms with Crippen LogP contribution < -0.4 is 10.1 Å². The van der Waals surface area contributed by atoms with Crippen molar-refractivity contribution >= 4 is 21.6 Å². The van der Waals surface area contributed by atoms with Gasteiger partial charge in [0, 0.05) is 24.2 Å². The molecule has 0 heterocycles. The summed E-state index contributed by atoms with van der Waals surface area (Å²) in [5, 5.41) is 3.16. The van der Waals surface area contributed by atoms with Gasteiger partial charge in [-0.3, -0.25) is 0 Å². The Morgan fingerprint density at radius 1 is 1.37 bits per heavy atom. The first-order valence-corrected chi connectivity index (χ1v) is 6.78. The molecule has 1 atom stereocenters. The standard InChI is InChI=1S/C13H17BrF3NO/c1-9(4-3-7-13(15,16)17)18-10-5-6-11(14)12(8-10)19-2/h5-6,8-9,18H,3-4,7H2,1-2H3. The zero-order valence-electron chi connectivity index (χ0n) is 10.9. The predicted octanol–water partition coefficient (Wildman–Crippen LogP) is 4.99. The van der Waals surface area contributed by atoms with Crippen molar-refractivity contribution in [1.82, 2.24) is 0 Å². The first-order valence-electron chi connectivity index (χ1n) is 5.98. The first kappa shape index (κ1) is 16.1. The monoisotopic (exact) mass is 339 g/mol. The van der Waals surface area contributed by atoms with Crippen molar-refractivity contribution in [2.45, 2.75) is 38.4 Å². The Balaban J connectivity index is 2.46. The van der Waals surface area contributed by atoms with Crippen molar-refractivity contribution < 1.29 is 17.9 Å². The highest BCUT2D eigenvalue weighted by Gasteiger charge is 2.26. The molecule has 108 valence electrons. The normalized spacial score (nSPS) is 13.2. The summed E-state index contributed by atoms with van der Waals surface area (Å²) in [6, 6.07) is 5.48. The summed E-state index contributed by atoms with van der Waals surface area (Å²) in [5.41, 5.74) is 0.833. The van der Waals surface area contributed by atoms with Crippen molar-refractivity contribution in [2.24, 2.45) is 0 Å². The quantitative estimate of drug-likeness (QED) is 0.788. The maximum atomic E-state index is 12.0. The number of hydrogen-bond donors (Lipinski definition) is 1. The molecule has 0 radical (unpaired) electrons. The Bertz CT molecular complexity index is 409. The minimum atomic E-state index is -4.07. The van der Waals surface area contributed by atoms with E-state index in [0.717, 1.165) is 10.2 Å². The molecule has 19 heavy (non-hydrogen) atoms. The maximum absolute atomic E-state index is 12.0. The van der Waals surface area contributed by atoms with E-state index >= 15 is 0 Å². The van der Waals surface area contributed by atoms with E-state index in [-0.39, 0.29) is 12.5 Å². The Labute approximate surface area is 119 Å². The fourth-order valence-electron chi connectivity index (χ4n) is 1.71. The van der Waals surface area contributed by atoms with Gasteiger partial charge in [0.15, 0.2) is 0 Å². The van der Waals surface area contributed by atoms with Gasteiger partial charge < -0.3 is 10.1 Å². The number of methoxy groups -OCH3 is 1. The van der Waals surface area contributed by atoms with Crippen molar-refractivity contribution in [3.05, 3.63) is 22.7 Å². The summed E-state index contributed by atoms with van der Waals surface area (Å²) < 4.78 is 42.1. The zero-order valence-corrected chi connectivity index (χ0v) is 12.4. The van der Waals surface area contributed by atoms with E-state index < -0.39 is 12.6 Å². The number of rotatable bonds is 6. The Kier molecular flexibility index (Phi) is 5.97. The zero-order chi connectivity index (χ0) is 14.5. The third-order valence-corrected chi connectivity index (χ3v) is 3.32. The Morgan fingerprint density at radius 3 is 2.63 bits per heavy atom. The molecular formula is C13H17BrF3NO. The van der Waals surface area contributed by atoms with Crippen molar-refractivity contribution in [3.63, 3.8) is 0 Å². The van der Waals surface area contributed by atoms with E-state index in [9.17, 15) is 13.2 Å². The second kappa shape index (κ2) is 7.03. The third kappa shape index (κ3) is 6.18. The van der Waals surface area contributed by atoms with Gasteiger partial charge in [0.25, 0.3) is 0 Å². The van der Waals surface area contributed by atoms with Crippen LogP contribution in [-0.2, 0) is 0 Å². The van der Waals surface area contributed by atoms with Crippen molar-refractivity contribution in [2.75, 3.05) is 12.4 Å². The van der Waals surface area contributed by atoms with Crippen LogP contribution >= 0.6 is 15.9 Å². The average molecular weight is 340 g/mol. The van der Waals surface area contributed by atoms with Crippen LogP contribution in [0.1, 0.15) is 26.2 Å². The molecule has 0 aliphatic rings. The second-order valence-corrected chi connectivity index (χ2v) is 5.26. The van der Waals surface area contributed by atoms with Gasteiger partial charge in [0.1, 0.15) is 5.75 Å². The van der Waals surface area contributed by atoms with Gasteiger partial charge in [0.2, 0.25) is 0 Å². The molecule has 1 unspecified atom stereocenters. The predicted molar refractivity (Wildman–Crippen MR) is 73.7 cm³/mol. The molecular weight excluding hydrogens is 323 g/mol. The molecule has 0 aliphatic heterocycles. The first-order chi connectivity index (χ1) is 8.81. The number of benzene rings is 1. The number of anilines is 1. The molecule has 0 saturated heterocycles. The lowest BCUT2D eigenvalue weighted by atomic mass is 10.1. The van der Waals surface area contributed by atoms with Gasteiger partial charge in [-0.1, -0.05) is 0 Å².